The Morgan fingerprint density at radius 2 is 1.20 bits per heavy atom. The maximum absolute atomic E-state index is 3.39. The van der Waals surface area contributed by atoms with Crippen LogP contribution in [0.2, 0.25) is 0 Å². The van der Waals surface area contributed by atoms with Crippen LogP contribution in [0.5, 0.6) is 0 Å². The first kappa shape index (κ1) is 30.7. The van der Waals surface area contributed by atoms with E-state index in [0.717, 1.165) is 37.3 Å². The van der Waals surface area contributed by atoms with Gasteiger partial charge in [-0.3, -0.25) is 19.6 Å². The van der Waals surface area contributed by atoms with Crippen molar-refractivity contribution in [2.75, 3.05) is 60.4 Å². The topological polar surface area (TPSA) is 37.0 Å². The van der Waals surface area contributed by atoms with Gasteiger partial charge in [-0.15, -0.1) is 0 Å². The van der Waals surface area contributed by atoms with Crippen molar-refractivity contribution < 1.29 is 0 Å². The van der Waals surface area contributed by atoms with Crippen molar-refractivity contribution in [2.45, 2.75) is 88.2 Å². The van der Waals surface area contributed by atoms with Crippen LogP contribution in [0.1, 0.15) is 56.1 Å². The number of hydrogen-bond donors (Lipinski definition) is 2. The first-order valence-electron chi connectivity index (χ1n) is 16.4. The van der Waals surface area contributed by atoms with E-state index >= 15 is 0 Å². The zero-order chi connectivity index (χ0) is 28.4. The zero-order valence-electron chi connectivity index (χ0n) is 26.1. The van der Waals surface area contributed by atoms with Crippen LogP contribution in [0.3, 0.4) is 0 Å². The predicted octanol–water partition coefficient (Wildman–Crippen LogP) is 4.28. The summed E-state index contributed by atoms with van der Waals surface area (Å²) in [5.74, 6) is 0. The van der Waals surface area contributed by atoms with E-state index in [4.69, 9.17) is 0 Å². The van der Waals surface area contributed by atoms with E-state index < -0.39 is 0 Å². The molecule has 3 atom stereocenters. The molecular weight excluding hydrogens is 504 g/mol. The van der Waals surface area contributed by atoms with Crippen LogP contribution in [0.25, 0.3) is 0 Å². The summed E-state index contributed by atoms with van der Waals surface area (Å²) < 4.78 is 0. The van der Waals surface area contributed by atoms with Crippen LogP contribution < -0.4 is 10.6 Å². The van der Waals surface area contributed by atoms with Gasteiger partial charge >= 0.3 is 0 Å². The molecule has 7 rings (SSSR count). The fourth-order valence-corrected chi connectivity index (χ4v) is 6.73. The maximum Gasteiger partial charge on any atom is 0.0235 e. The van der Waals surface area contributed by atoms with Gasteiger partial charge in [-0.05, 0) is 83.8 Å². The first-order valence-corrected chi connectivity index (χ1v) is 16.4. The van der Waals surface area contributed by atoms with E-state index in [1.54, 1.807) is 0 Å². The standard InChI is InChI=1S/C15H22N2.C12H18N2.C8H16N2/c1-16(14-7-8-14)15-9-10-17(12-15)11-13-5-3-2-4-6-13;1-13-12-7-8-14(10-12)9-11-5-3-2-4-6-11;1-10(7-2-3-7)8-4-5-9-6-8/h2-6,14-15H,7-12H2,1H3;2-6,12-13H,7-10H2,1H3;7-9H,2-6H2,1H3/t15-;12-;8-/m000/s1. The highest BCUT2D eigenvalue weighted by molar-refractivity contribution is 5.15. The molecule has 2 saturated carbocycles. The number of likely N-dealkylation sites (tertiary alicyclic amines) is 2. The lowest BCUT2D eigenvalue weighted by molar-refractivity contribution is 0.221. The lowest BCUT2D eigenvalue weighted by atomic mass is 10.2. The number of benzene rings is 2. The predicted molar refractivity (Wildman–Crippen MR) is 172 cm³/mol. The summed E-state index contributed by atoms with van der Waals surface area (Å²) in [5.41, 5.74) is 2.87. The molecule has 0 aromatic heterocycles. The van der Waals surface area contributed by atoms with Crippen LogP contribution in [0, 0.1) is 0 Å². The number of likely N-dealkylation sites (N-methyl/N-ethyl adjacent to an activating group) is 3. The monoisotopic (exact) mass is 560 g/mol. The van der Waals surface area contributed by atoms with Crippen molar-refractivity contribution in [1.82, 2.24) is 30.2 Å². The largest absolute Gasteiger partial charge is 0.316 e. The van der Waals surface area contributed by atoms with Crippen LogP contribution in [-0.2, 0) is 13.1 Å². The molecule has 0 radical (unpaired) electrons. The minimum atomic E-state index is 0.693. The summed E-state index contributed by atoms with van der Waals surface area (Å²) >= 11 is 0. The summed E-state index contributed by atoms with van der Waals surface area (Å²) in [6.07, 6.45) is 9.70. The molecule has 3 saturated heterocycles. The van der Waals surface area contributed by atoms with Gasteiger partial charge in [0.15, 0.2) is 0 Å². The van der Waals surface area contributed by atoms with Gasteiger partial charge in [-0.25, -0.2) is 0 Å². The van der Waals surface area contributed by atoms with Crippen LogP contribution in [0.15, 0.2) is 60.7 Å². The van der Waals surface area contributed by atoms with Gasteiger partial charge in [0, 0.05) is 76.0 Å². The lowest BCUT2D eigenvalue weighted by Gasteiger charge is -2.24. The summed E-state index contributed by atoms with van der Waals surface area (Å²) in [4.78, 5) is 10.3. The Balaban J connectivity index is 0.000000128. The second-order valence-electron chi connectivity index (χ2n) is 13.1. The fraction of sp³-hybridized carbons (Fsp3) is 0.657. The molecule has 2 aliphatic carbocycles. The van der Waals surface area contributed by atoms with E-state index in [9.17, 15) is 0 Å². The highest BCUT2D eigenvalue weighted by atomic mass is 15.3. The highest BCUT2D eigenvalue weighted by Gasteiger charge is 2.34. The summed E-state index contributed by atoms with van der Waals surface area (Å²) in [6, 6.07) is 25.7. The number of nitrogens with one attached hydrogen (secondary N) is 2. The average Bonchev–Trinajstić information content (AvgIpc) is 3.88. The van der Waals surface area contributed by atoms with E-state index in [1.807, 2.05) is 0 Å². The summed E-state index contributed by atoms with van der Waals surface area (Å²) in [7, 11) is 6.64. The molecule has 0 spiro atoms. The van der Waals surface area contributed by atoms with Gasteiger partial charge in [0.2, 0.25) is 0 Å². The fourth-order valence-electron chi connectivity index (χ4n) is 6.73. The Morgan fingerprint density at radius 1 is 0.659 bits per heavy atom. The molecule has 5 aliphatic rings. The van der Waals surface area contributed by atoms with Gasteiger partial charge < -0.3 is 10.6 Å². The van der Waals surface area contributed by atoms with Gasteiger partial charge in [0.1, 0.15) is 0 Å². The van der Waals surface area contributed by atoms with Crippen molar-refractivity contribution in [2.24, 2.45) is 0 Å². The second kappa shape index (κ2) is 15.6. The average molecular weight is 561 g/mol. The van der Waals surface area contributed by atoms with Crippen LogP contribution in [0.4, 0.5) is 0 Å². The van der Waals surface area contributed by atoms with Crippen LogP contribution in [-0.4, -0.2) is 110 Å². The first-order chi connectivity index (χ1) is 20.1. The smallest absolute Gasteiger partial charge is 0.0235 e. The minimum Gasteiger partial charge on any atom is -0.316 e. The molecule has 2 N–H and O–H groups in total. The van der Waals surface area contributed by atoms with E-state index in [1.165, 1.54) is 95.3 Å². The van der Waals surface area contributed by atoms with Gasteiger partial charge in [0.05, 0.1) is 0 Å². The van der Waals surface area contributed by atoms with Gasteiger partial charge in [0.25, 0.3) is 0 Å². The number of hydrogen-bond acceptors (Lipinski definition) is 6. The molecular formula is C35H56N6. The molecule has 0 unspecified atom stereocenters. The lowest BCUT2D eigenvalue weighted by Crippen LogP contribution is -2.35. The maximum atomic E-state index is 3.39. The summed E-state index contributed by atoms with van der Waals surface area (Å²) in [6.45, 7) is 9.58. The van der Waals surface area contributed by atoms with Crippen molar-refractivity contribution in [3.8, 4) is 0 Å². The Hall–Kier alpha value is -1.80. The highest BCUT2D eigenvalue weighted by Crippen LogP contribution is 2.30. The summed E-state index contributed by atoms with van der Waals surface area (Å²) in [5, 5.41) is 6.73. The molecule has 5 fully saturated rings. The Kier molecular flexibility index (Phi) is 11.7. The third-order valence-electron chi connectivity index (χ3n) is 9.86. The van der Waals surface area contributed by atoms with Gasteiger partial charge in [-0.1, -0.05) is 60.7 Å². The molecule has 6 heteroatoms. The van der Waals surface area contributed by atoms with Crippen molar-refractivity contribution in [3.05, 3.63) is 71.8 Å². The molecule has 0 bridgehead atoms. The number of nitrogens with zero attached hydrogens (tertiary/aromatic N) is 4. The number of rotatable bonds is 9. The zero-order valence-corrected chi connectivity index (χ0v) is 26.1. The Labute approximate surface area is 250 Å². The van der Waals surface area contributed by atoms with Gasteiger partial charge in [-0.2, -0.15) is 0 Å². The second-order valence-corrected chi connectivity index (χ2v) is 13.1. The van der Waals surface area contributed by atoms with Crippen molar-refractivity contribution in [3.63, 3.8) is 0 Å². The van der Waals surface area contributed by atoms with E-state index in [-0.39, 0.29) is 0 Å². The normalized spacial score (nSPS) is 26.6. The third-order valence-corrected chi connectivity index (χ3v) is 9.86. The Bertz CT molecular complexity index is 988. The van der Waals surface area contributed by atoms with E-state index in [2.05, 4.69) is 112 Å². The molecule has 2 aromatic carbocycles. The third kappa shape index (κ3) is 9.87. The molecule has 3 aliphatic heterocycles. The van der Waals surface area contributed by atoms with Crippen molar-refractivity contribution >= 4 is 0 Å². The Morgan fingerprint density at radius 3 is 1.68 bits per heavy atom. The molecule has 3 heterocycles. The minimum absolute atomic E-state index is 0.693. The molecule has 226 valence electrons. The van der Waals surface area contributed by atoms with E-state index in [0.29, 0.717) is 6.04 Å². The molecule has 6 nitrogen and oxygen atoms in total. The molecule has 0 amide bonds. The quantitative estimate of drug-likeness (QED) is 0.477. The van der Waals surface area contributed by atoms with Crippen LogP contribution >= 0.6 is 0 Å². The SMILES string of the molecule is CN(C1CC1)[C@H]1CCN(Cc2ccccc2)C1.CN(C1CC1)[C@H]1CCNC1.CN[C@H]1CCN(Cc2ccccc2)C1. The molecule has 41 heavy (non-hydrogen) atoms. The van der Waals surface area contributed by atoms with Crippen molar-refractivity contribution in [1.29, 1.82) is 0 Å². The molecule has 2 aromatic rings.